The van der Waals surface area contributed by atoms with Crippen molar-refractivity contribution >= 4 is 6.08 Å². The van der Waals surface area contributed by atoms with Gasteiger partial charge in [-0.05, 0) is 0 Å². The molecule has 1 unspecified atom stereocenters. The lowest BCUT2D eigenvalue weighted by molar-refractivity contribution is 0.182. The summed E-state index contributed by atoms with van der Waals surface area (Å²) in [7, 11) is 3.61. The van der Waals surface area contributed by atoms with E-state index in [-0.39, 0.29) is 0 Å². The second-order valence-electron chi connectivity index (χ2n) is 3.20. The van der Waals surface area contributed by atoms with Crippen molar-refractivity contribution in [3.05, 3.63) is 24.0 Å². The first kappa shape index (κ1) is 9.99. The molecule has 0 aliphatic rings. The maximum atomic E-state index is 5.08. The van der Waals surface area contributed by atoms with Gasteiger partial charge in [-0.15, -0.1) is 0 Å². The summed E-state index contributed by atoms with van der Waals surface area (Å²) in [6, 6.07) is 0. The SMILES string of the molecule is C=Cc1cn(C)nc1C(C)COC. The van der Waals surface area contributed by atoms with E-state index in [2.05, 4.69) is 18.6 Å². The van der Waals surface area contributed by atoms with Crippen molar-refractivity contribution in [3.8, 4) is 0 Å². The largest absolute Gasteiger partial charge is 0.384 e. The van der Waals surface area contributed by atoms with E-state index in [0.717, 1.165) is 11.3 Å². The Hall–Kier alpha value is -1.09. The van der Waals surface area contributed by atoms with Gasteiger partial charge in [-0.2, -0.15) is 5.10 Å². The Morgan fingerprint density at radius 2 is 2.46 bits per heavy atom. The van der Waals surface area contributed by atoms with Gasteiger partial charge in [0.15, 0.2) is 0 Å². The summed E-state index contributed by atoms with van der Waals surface area (Å²) >= 11 is 0. The lowest BCUT2D eigenvalue weighted by Crippen LogP contribution is -2.04. The van der Waals surface area contributed by atoms with Gasteiger partial charge < -0.3 is 4.74 Å². The molecule has 1 heterocycles. The predicted molar refractivity (Wildman–Crippen MR) is 53.6 cm³/mol. The standard InChI is InChI=1S/C10H16N2O/c1-5-9-6-12(3)11-10(9)8(2)7-13-4/h5-6,8H,1,7H2,2-4H3. The zero-order valence-corrected chi connectivity index (χ0v) is 8.45. The molecule has 3 nitrogen and oxygen atoms in total. The van der Waals surface area contributed by atoms with E-state index in [4.69, 9.17) is 4.74 Å². The second kappa shape index (κ2) is 4.23. The first-order chi connectivity index (χ1) is 6.19. The van der Waals surface area contributed by atoms with Crippen LogP contribution < -0.4 is 0 Å². The third-order valence-corrected chi connectivity index (χ3v) is 1.99. The van der Waals surface area contributed by atoms with Gasteiger partial charge in [-0.25, -0.2) is 0 Å². The fourth-order valence-electron chi connectivity index (χ4n) is 1.39. The number of hydrogen-bond acceptors (Lipinski definition) is 2. The smallest absolute Gasteiger partial charge is 0.0747 e. The van der Waals surface area contributed by atoms with Crippen molar-refractivity contribution in [2.45, 2.75) is 12.8 Å². The second-order valence-corrected chi connectivity index (χ2v) is 3.20. The first-order valence-corrected chi connectivity index (χ1v) is 4.34. The van der Waals surface area contributed by atoms with Crippen LogP contribution in [0.4, 0.5) is 0 Å². The summed E-state index contributed by atoms with van der Waals surface area (Å²) in [5.41, 5.74) is 2.14. The van der Waals surface area contributed by atoms with Crippen LogP contribution in [0.3, 0.4) is 0 Å². The molecule has 0 spiro atoms. The van der Waals surface area contributed by atoms with Crippen molar-refractivity contribution < 1.29 is 4.74 Å². The number of nitrogens with zero attached hydrogens (tertiary/aromatic N) is 2. The molecule has 1 atom stereocenters. The Labute approximate surface area is 79.0 Å². The summed E-state index contributed by atoms with van der Waals surface area (Å²) in [6.45, 7) is 6.54. The van der Waals surface area contributed by atoms with Gasteiger partial charge in [0, 0.05) is 31.8 Å². The highest BCUT2D eigenvalue weighted by atomic mass is 16.5. The Balaban J connectivity index is 2.91. The molecule has 0 radical (unpaired) electrons. The Morgan fingerprint density at radius 3 is 3.00 bits per heavy atom. The molecule has 13 heavy (non-hydrogen) atoms. The molecule has 3 heteroatoms. The summed E-state index contributed by atoms with van der Waals surface area (Å²) < 4.78 is 6.89. The van der Waals surface area contributed by atoms with E-state index < -0.39 is 0 Å². The third-order valence-electron chi connectivity index (χ3n) is 1.99. The highest BCUT2D eigenvalue weighted by Gasteiger charge is 2.12. The normalized spacial score (nSPS) is 12.8. The quantitative estimate of drug-likeness (QED) is 0.706. The fraction of sp³-hybridized carbons (Fsp3) is 0.500. The van der Waals surface area contributed by atoms with Crippen molar-refractivity contribution in [3.63, 3.8) is 0 Å². The molecule has 0 bridgehead atoms. The van der Waals surface area contributed by atoms with Gasteiger partial charge in [-0.3, -0.25) is 4.68 Å². The highest BCUT2D eigenvalue weighted by Crippen LogP contribution is 2.18. The van der Waals surface area contributed by atoms with Crippen LogP contribution in [0.2, 0.25) is 0 Å². The van der Waals surface area contributed by atoms with Gasteiger partial charge in [0.1, 0.15) is 0 Å². The van der Waals surface area contributed by atoms with Crippen molar-refractivity contribution in [1.82, 2.24) is 9.78 Å². The maximum absolute atomic E-state index is 5.08. The summed E-state index contributed by atoms with van der Waals surface area (Å²) in [5, 5.41) is 4.37. The number of methoxy groups -OCH3 is 1. The summed E-state index contributed by atoms with van der Waals surface area (Å²) in [4.78, 5) is 0. The van der Waals surface area contributed by atoms with Crippen LogP contribution >= 0.6 is 0 Å². The summed E-state index contributed by atoms with van der Waals surface area (Å²) in [6.07, 6.45) is 3.79. The van der Waals surface area contributed by atoms with Gasteiger partial charge in [-0.1, -0.05) is 19.6 Å². The molecule has 1 rings (SSSR count). The van der Waals surface area contributed by atoms with E-state index >= 15 is 0 Å². The molecular formula is C10H16N2O. The number of hydrogen-bond donors (Lipinski definition) is 0. The van der Waals surface area contributed by atoms with Crippen LogP contribution in [0, 0.1) is 0 Å². The zero-order chi connectivity index (χ0) is 9.84. The lowest BCUT2D eigenvalue weighted by Gasteiger charge is -2.07. The molecule has 0 N–H and O–H groups in total. The van der Waals surface area contributed by atoms with E-state index in [9.17, 15) is 0 Å². The zero-order valence-electron chi connectivity index (χ0n) is 8.45. The van der Waals surface area contributed by atoms with Crippen molar-refractivity contribution in [2.75, 3.05) is 13.7 Å². The molecular weight excluding hydrogens is 164 g/mol. The Kier molecular flexibility index (Phi) is 3.25. The van der Waals surface area contributed by atoms with Crippen LogP contribution in [0.5, 0.6) is 0 Å². The van der Waals surface area contributed by atoms with Crippen molar-refractivity contribution in [1.29, 1.82) is 0 Å². The number of aryl methyl sites for hydroxylation is 1. The number of rotatable bonds is 4. The number of ether oxygens (including phenoxy) is 1. The Morgan fingerprint density at radius 1 is 1.77 bits per heavy atom. The average molecular weight is 180 g/mol. The molecule has 0 fully saturated rings. The molecule has 0 aromatic carbocycles. The predicted octanol–water partition coefficient (Wildman–Crippen LogP) is 1.81. The molecule has 72 valence electrons. The molecule has 0 saturated carbocycles. The van der Waals surface area contributed by atoms with Gasteiger partial charge in [0.25, 0.3) is 0 Å². The first-order valence-electron chi connectivity index (χ1n) is 4.34. The fourth-order valence-corrected chi connectivity index (χ4v) is 1.39. The molecule has 0 amide bonds. The number of aromatic nitrogens is 2. The summed E-state index contributed by atoms with van der Waals surface area (Å²) in [5.74, 6) is 0.319. The molecule has 1 aromatic rings. The van der Waals surface area contributed by atoms with Crippen LogP contribution in [-0.2, 0) is 11.8 Å². The minimum absolute atomic E-state index is 0.319. The van der Waals surface area contributed by atoms with Crippen LogP contribution in [0.25, 0.3) is 6.08 Å². The molecule has 0 aliphatic heterocycles. The van der Waals surface area contributed by atoms with Crippen LogP contribution in [0.15, 0.2) is 12.8 Å². The Bertz CT molecular complexity index is 291. The van der Waals surface area contributed by atoms with Gasteiger partial charge in [0.2, 0.25) is 0 Å². The van der Waals surface area contributed by atoms with Crippen LogP contribution in [-0.4, -0.2) is 23.5 Å². The molecule has 0 saturated heterocycles. The van der Waals surface area contributed by atoms with E-state index in [0.29, 0.717) is 12.5 Å². The minimum Gasteiger partial charge on any atom is -0.384 e. The maximum Gasteiger partial charge on any atom is 0.0747 e. The molecule has 0 aliphatic carbocycles. The van der Waals surface area contributed by atoms with E-state index in [1.54, 1.807) is 11.8 Å². The lowest BCUT2D eigenvalue weighted by atomic mass is 10.1. The average Bonchev–Trinajstić information content (AvgIpc) is 2.47. The van der Waals surface area contributed by atoms with Gasteiger partial charge in [0.05, 0.1) is 12.3 Å². The van der Waals surface area contributed by atoms with Gasteiger partial charge >= 0.3 is 0 Å². The van der Waals surface area contributed by atoms with Crippen molar-refractivity contribution in [2.24, 2.45) is 7.05 Å². The minimum atomic E-state index is 0.319. The van der Waals surface area contributed by atoms with Crippen LogP contribution in [0.1, 0.15) is 24.1 Å². The highest BCUT2D eigenvalue weighted by molar-refractivity contribution is 5.49. The molecule has 1 aromatic heterocycles. The van der Waals surface area contributed by atoms with E-state index in [1.165, 1.54) is 0 Å². The van der Waals surface area contributed by atoms with E-state index in [1.807, 2.05) is 19.3 Å². The third kappa shape index (κ3) is 2.18. The topological polar surface area (TPSA) is 27.1 Å². The monoisotopic (exact) mass is 180 g/mol.